The molecule has 1 aliphatic rings. The molecule has 0 heterocycles. The molecule has 16 heavy (non-hydrogen) atoms. The zero-order valence-corrected chi connectivity index (χ0v) is 9.91. The zero-order chi connectivity index (χ0) is 11.2. The average Bonchev–Trinajstić information content (AvgIpc) is 2.30. The maximum Gasteiger partial charge on any atom is 0.0317 e. The molecule has 2 heteroatoms. The fourth-order valence-corrected chi connectivity index (χ4v) is 2.51. The number of rotatable bonds is 4. The fraction of sp³-hybridized carbons (Fsp3) is 0.571. The Bertz CT molecular complexity index is 316. The van der Waals surface area contributed by atoms with E-state index in [4.69, 9.17) is 5.73 Å². The molecule has 0 bridgehead atoms. The minimum atomic E-state index is 0.858. The Kier molecular flexibility index (Phi) is 4.23. The Morgan fingerprint density at radius 1 is 1.19 bits per heavy atom. The van der Waals surface area contributed by atoms with Crippen LogP contribution in [0, 0.1) is 5.92 Å². The summed E-state index contributed by atoms with van der Waals surface area (Å²) in [6.45, 7) is 2.11. The lowest BCUT2D eigenvalue weighted by atomic mass is 9.89. The number of hydrogen-bond acceptors (Lipinski definition) is 2. The van der Waals surface area contributed by atoms with Crippen molar-refractivity contribution in [2.24, 2.45) is 5.92 Å². The van der Waals surface area contributed by atoms with Crippen LogP contribution in [0.4, 0.5) is 5.69 Å². The van der Waals surface area contributed by atoms with Gasteiger partial charge in [-0.15, -0.1) is 0 Å². The lowest BCUT2D eigenvalue weighted by Crippen LogP contribution is -2.24. The highest BCUT2D eigenvalue weighted by molar-refractivity contribution is 5.40. The van der Waals surface area contributed by atoms with Gasteiger partial charge in [-0.1, -0.05) is 31.4 Å². The molecule has 0 atom stereocenters. The third-order valence-corrected chi connectivity index (χ3v) is 3.44. The van der Waals surface area contributed by atoms with Crippen molar-refractivity contribution in [3.05, 3.63) is 29.8 Å². The SMILES string of the molecule is Nc1cccc(CNCC2CCCCC2)c1. The van der Waals surface area contributed by atoms with Crippen molar-refractivity contribution in [2.75, 3.05) is 12.3 Å². The molecule has 2 nitrogen and oxygen atoms in total. The predicted octanol–water partition coefficient (Wildman–Crippen LogP) is 2.94. The van der Waals surface area contributed by atoms with E-state index in [1.165, 1.54) is 37.7 Å². The molecule has 0 saturated heterocycles. The first-order valence-electron chi connectivity index (χ1n) is 6.40. The quantitative estimate of drug-likeness (QED) is 0.763. The van der Waals surface area contributed by atoms with Crippen molar-refractivity contribution in [3.8, 4) is 0 Å². The number of nitrogen functional groups attached to an aromatic ring is 1. The highest BCUT2D eigenvalue weighted by atomic mass is 14.9. The molecular weight excluding hydrogens is 196 g/mol. The maximum atomic E-state index is 5.75. The second kappa shape index (κ2) is 5.90. The van der Waals surface area contributed by atoms with Crippen molar-refractivity contribution < 1.29 is 0 Å². The van der Waals surface area contributed by atoms with Gasteiger partial charge in [-0.05, 0) is 43.0 Å². The molecule has 1 aromatic carbocycles. The summed E-state index contributed by atoms with van der Waals surface area (Å²) in [7, 11) is 0. The van der Waals surface area contributed by atoms with E-state index >= 15 is 0 Å². The monoisotopic (exact) mass is 218 g/mol. The van der Waals surface area contributed by atoms with Crippen LogP contribution in [0.2, 0.25) is 0 Å². The Hall–Kier alpha value is -1.02. The van der Waals surface area contributed by atoms with Crippen LogP contribution in [0.5, 0.6) is 0 Å². The second-order valence-corrected chi connectivity index (χ2v) is 4.88. The topological polar surface area (TPSA) is 38.0 Å². The standard InChI is InChI=1S/C14H22N2/c15-14-8-4-7-13(9-14)11-16-10-12-5-2-1-3-6-12/h4,7-9,12,16H,1-3,5-6,10-11,15H2. The summed E-state index contributed by atoms with van der Waals surface area (Å²) in [5.41, 5.74) is 7.89. The predicted molar refractivity (Wildman–Crippen MR) is 69.1 cm³/mol. The summed E-state index contributed by atoms with van der Waals surface area (Å²) in [5, 5.41) is 3.54. The van der Waals surface area contributed by atoms with E-state index in [-0.39, 0.29) is 0 Å². The van der Waals surface area contributed by atoms with Crippen LogP contribution in [0.15, 0.2) is 24.3 Å². The molecule has 0 aliphatic heterocycles. The van der Waals surface area contributed by atoms with Crippen LogP contribution >= 0.6 is 0 Å². The summed E-state index contributed by atoms with van der Waals surface area (Å²) >= 11 is 0. The van der Waals surface area contributed by atoms with Gasteiger partial charge in [0.1, 0.15) is 0 Å². The molecule has 0 spiro atoms. The van der Waals surface area contributed by atoms with Gasteiger partial charge in [-0.25, -0.2) is 0 Å². The number of nitrogens with one attached hydrogen (secondary N) is 1. The van der Waals surface area contributed by atoms with E-state index in [1.807, 2.05) is 18.2 Å². The molecule has 0 radical (unpaired) electrons. The summed E-state index contributed by atoms with van der Waals surface area (Å²) < 4.78 is 0. The van der Waals surface area contributed by atoms with E-state index in [0.29, 0.717) is 0 Å². The van der Waals surface area contributed by atoms with Gasteiger partial charge in [0.25, 0.3) is 0 Å². The van der Waals surface area contributed by atoms with Gasteiger partial charge < -0.3 is 11.1 Å². The summed E-state index contributed by atoms with van der Waals surface area (Å²) in [6.07, 6.45) is 7.09. The van der Waals surface area contributed by atoms with E-state index in [0.717, 1.165) is 24.7 Å². The van der Waals surface area contributed by atoms with Gasteiger partial charge >= 0.3 is 0 Å². The number of benzene rings is 1. The Morgan fingerprint density at radius 2 is 2.00 bits per heavy atom. The van der Waals surface area contributed by atoms with Gasteiger partial charge in [-0.3, -0.25) is 0 Å². The average molecular weight is 218 g/mol. The molecule has 0 aromatic heterocycles. The van der Waals surface area contributed by atoms with Crippen LogP contribution in [-0.2, 0) is 6.54 Å². The van der Waals surface area contributed by atoms with Gasteiger partial charge in [0, 0.05) is 12.2 Å². The lowest BCUT2D eigenvalue weighted by molar-refractivity contribution is 0.342. The molecule has 1 saturated carbocycles. The molecule has 2 rings (SSSR count). The highest BCUT2D eigenvalue weighted by Crippen LogP contribution is 2.22. The normalized spacial score (nSPS) is 17.5. The van der Waals surface area contributed by atoms with Crippen molar-refractivity contribution >= 4 is 5.69 Å². The van der Waals surface area contributed by atoms with Gasteiger partial charge in [0.2, 0.25) is 0 Å². The lowest BCUT2D eigenvalue weighted by Gasteiger charge is -2.21. The van der Waals surface area contributed by atoms with E-state index in [9.17, 15) is 0 Å². The first kappa shape index (κ1) is 11.5. The zero-order valence-electron chi connectivity index (χ0n) is 9.91. The van der Waals surface area contributed by atoms with Crippen molar-refractivity contribution in [3.63, 3.8) is 0 Å². The van der Waals surface area contributed by atoms with Crippen LogP contribution < -0.4 is 11.1 Å². The van der Waals surface area contributed by atoms with E-state index in [2.05, 4.69) is 11.4 Å². The van der Waals surface area contributed by atoms with Gasteiger partial charge in [0.15, 0.2) is 0 Å². The molecular formula is C14H22N2. The first-order valence-corrected chi connectivity index (χ1v) is 6.40. The van der Waals surface area contributed by atoms with Crippen molar-refractivity contribution in [1.82, 2.24) is 5.32 Å². The third-order valence-electron chi connectivity index (χ3n) is 3.44. The van der Waals surface area contributed by atoms with Crippen LogP contribution in [-0.4, -0.2) is 6.54 Å². The number of hydrogen-bond donors (Lipinski definition) is 2. The number of anilines is 1. The third kappa shape index (κ3) is 3.53. The molecule has 1 aromatic rings. The first-order chi connectivity index (χ1) is 7.84. The second-order valence-electron chi connectivity index (χ2n) is 4.88. The minimum absolute atomic E-state index is 0.858. The van der Waals surface area contributed by atoms with Gasteiger partial charge in [-0.2, -0.15) is 0 Å². The summed E-state index contributed by atoms with van der Waals surface area (Å²) in [4.78, 5) is 0. The summed E-state index contributed by atoms with van der Waals surface area (Å²) in [6, 6.07) is 8.13. The van der Waals surface area contributed by atoms with Gasteiger partial charge in [0.05, 0.1) is 0 Å². The van der Waals surface area contributed by atoms with Crippen LogP contribution in [0.25, 0.3) is 0 Å². The number of nitrogens with two attached hydrogens (primary N) is 1. The van der Waals surface area contributed by atoms with Crippen LogP contribution in [0.3, 0.4) is 0 Å². The Morgan fingerprint density at radius 3 is 2.75 bits per heavy atom. The maximum absolute atomic E-state index is 5.75. The molecule has 1 fully saturated rings. The van der Waals surface area contributed by atoms with E-state index < -0.39 is 0 Å². The molecule has 88 valence electrons. The molecule has 0 unspecified atom stereocenters. The molecule has 0 amide bonds. The Balaban J connectivity index is 1.71. The Labute approximate surface area is 98.2 Å². The fourth-order valence-electron chi connectivity index (χ4n) is 2.51. The van der Waals surface area contributed by atoms with Crippen molar-refractivity contribution in [1.29, 1.82) is 0 Å². The van der Waals surface area contributed by atoms with E-state index in [1.54, 1.807) is 0 Å². The molecule has 3 N–H and O–H groups in total. The largest absolute Gasteiger partial charge is 0.399 e. The molecule has 1 aliphatic carbocycles. The minimum Gasteiger partial charge on any atom is -0.399 e. The van der Waals surface area contributed by atoms with Crippen LogP contribution in [0.1, 0.15) is 37.7 Å². The van der Waals surface area contributed by atoms with Crippen molar-refractivity contribution in [2.45, 2.75) is 38.6 Å². The highest BCUT2D eigenvalue weighted by Gasteiger charge is 2.12. The summed E-state index contributed by atoms with van der Waals surface area (Å²) in [5.74, 6) is 0.898. The smallest absolute Gasteiger partial charge is 0.0317 e.